The van der Waals surface area contributed by atoms with Crippen molar-refractivity contribution >= 4 is 6.41 Å². The number of aromatic nitrogens is 4. The van der Waals surface area contributed by atoms with Crippen LogP contribution < -0.4 is 16.2 Å². The summed E-state index contributed by atoms with van der Waals surface area (Å²) in [6.07, 6.45) is 4.14. The number of nitrogens with zero attached hydrogens (tertiary/aromatic N) is 4. The molecule has 0 saturated carbocycles. The lowest BCUT2D eigenvalue weighted by atomic mass is 10.1. The van der Waals surface area contributed by atoms with E-state index in [0.717, 1.165) is 42.3 Å². The van der Waals surface area contributed by atoms with Crippen molar-refractivity contribution in [1.29, 1.82) is 0 Å². The maximum Gasteiger partial charge on any atom is 0.204 e. The summed E-state index contributed by atoms with van der Waals surface area (Å²) in [5, 5.41) is 9.05. The van der Waals surface area contributed by atoms with Gasteiger partial charge in [0.15, 0.2) is 0 Å². The summed E-state index contributed by atoms with van der Waals surface area (Å²) in [6.45, 7) is 8.96. The van der Waals surface area contributed by atoms with Crippen LogP contribution in [0.2, 0.25) is 0 Å². The molecule has 0 fully saturated rings. The molecule has 1 aliphatic rings. The van der Waals surface area contributed by atoms with Crippen molar-refractivity contribution in [3.05, 3.63) is 53.5 Å². The zero-order valence-corrected chi connectivity index (χ0v) is 16.6. The van der Waals surface area contributed by atoms with Crippen LogP contribution in [-0.2, 0) is 24.5 Å². The van der Waals surface area contributed by atoms with Crippen molar-refractivity contribution in [2.24, 2.45) is 11.5 Å². The highest BCUT2D eigenvalue weighted by molar-refractivity contribution is 5.57. The quantitative estimate of drug-likeness (QED) is 0.657. The highest BCUT2D eigenvalue weighted by atomic mass is 16.5. The minimum Gasteiger partial charge on any atom is -0.487 e. The summed E-state index contributed by atoms with van der Waals surface area (Å²) >= 11 is 0. The molecule has 3 heterocycles. The molecule has 8 nitrogen and oxygen atoms in total. The highest BCUT2D eigenvalue weighted by Gasteiger charge is 2.17. The third-order valence-corrected chi connectivity index (χ3v) is 4.03. The number of hydrogen-bond donors (Lipinski definition) is 2. The Hall–Kier alpha value is -3.13. The van der Waals surface area contributed by atoms with Gasteiger partial charge in [0.05, 0.1) is 24.1 Å². The lowest BCUT2D eigenvalue weighted by molar-refractivity contribution is -0.106. The Labute approximate surface area is 165 Å². The average molecular weight is 384 g/mol. The molecule has 0 saturated heterocycles. The van der Waals surface area contributed by atoms with E-state index in [9.17, 15) is 0 Å². The predicted octanol–water partition coefficient (Wildman–Crippen LogP) is 2.08. The smallest absolute Gasteiger partial charge is 0.204 e. The van der Waals surface area contributed by atoms with Crippen molar-refractivity contribution < 1.29 is 9.53 Å². The first-order chi connectivity index (χ1) is 13.6. The normalized spacial score (nSPS) is 11.4. The number of ether oxygens (including phenoxy) is 1. The second-order valence-corrected chi connectivity index (χ2v) is 6.21. The fraction of sp³-hybridized carbons (Fsp3) is 0.350. The molecule has 2 aromatic heterocycles. The van der Waals surface area contributed by atoms with E-state index in [-0.39, 0.29) is 6.41 Å². The minimum absolute atomic E-state index is 0.250. The molecule has 0 atom stereocenters. The zero-order valence-electron chi connectivity index (χ0n) is 16.6. The molecule has 28 heavy (non-hydrogen) atoms. The van der Waals surface area contributed by atoms with Crippen LogP contribution in [0.3, 0.4) is 0 Å². The van der Waals surface area contributed by atoms with Crippen molar-refractivity contribution in [2.75, 3.05) is 6.54 Å². The van der Waals surface area contributed by atoms with E-state index in [4.69, 9.17) is 20.4 Å². The predicted molar refractivity (Wildman–Crippen MR) is 109 cm³/mol. The molecule has 1 aromatic carbocycles. The number of rotatable bonds is 2. The lowest BCUT2D eigenvalue weighted by Gasteiger charge is -2.07. The van der Waals surface area contributed by atoms with Crippen LogP contribution in [-0.4, -0.2) is 32.5 Å². The van der Waals surface area contributed by atoms with Gasteiger partial charge in [-0.3, -0.25) is 14.2 Å². The number of primary amides is 1. The van der Waals surface area contributed by atoms with Crippen LogP contribution in [0.15, 0.2) is 36.7 Å². The van der Waals surface area contributed by atoms with Crippen LogP contribution in [0.1, 0.15) is 30.7 Å². The Bertz CT molecular complexity index is 900. The van der Waals surface area contributed by atoms with Gasteiger partial charge in [0.2, 0.25) is 6.41 Å². The largest absolute Gasteiger partial charge is 0.487 e. The van der Waals surface area contributed by atoms with Gasteiger partial charge in [0.25, 0.3) is 0 Å². The fourth-order valence-electron chi connectivity index (χ4n) is 2.76. The van der Waals surface area contributed by atoms with Crippen LogP contribution in [0, 0.1) is 6.92 Å². The maximum absolute atomic E-state index is 8.58. The van der Waals surface area contributed by atoms with E-state index in [0.29, 0.717) is 6.61 Å². The monoisotopic (exact) mass is 384 g/mol. The first-order valence-corrected chi connectivity index (χ1v) is 9.23. The Morgan fingerprint density at radius 3 is 2.64 bits per heavy atom. The molecule has 1 aliphatic heterocycles. The summed E-state index contributed by atoms with van der Waals surface area (Å²) in [5.74, 6) is 0.964. The van der Waals surface area contributed by atoms with Crippen molar-refractivity contribution in [3.63, 3.8) is 0 Å². The molecular formula is C20H28N6O2. The molecule has 1 amide bonds. The van der Waals surface area contributed by atoms with Gasteiger partial charge in [0.1, 0.15) is 12.4 Å². The summed E-state index contributed by atoms with van der Waals surface area (Å²) in [6, 6.07) is 8.42. The summed E-state index contributed by atoms with van der Waals surface area (Å²) < 4.78 is 9.89. The summed E-state index contributed by atoms with van der Waals surface area (Å²) in [5.41, 5.74) is 14.5. The second kappa shape index (κ2) is 10.3. The number of aryl methyl sites for hydroxylation is 2. The van der Waals surface area contributed by atoms with Gasteiger partial charge >= 0.3 is 0 Å². The molecule has 4 N–H and O–H groups in total. The van der Waals surface area contributed by atoms with Crippen LogP contribution >= 0.6 is 0 Å². The van der Waals surface area contributed by atoms with E-state index in [1.165, 1.54) is 11.1 Å². The van der Waals surface area contributed by atoms with Gasteiger partial charge in [-0.1, -0.05) is 19.1 Å². The molecule has 0 bridgehead atoms. The molecular weight excluding hydrogens is 356 g/mol. The third kappa shape index (κ3) is 5.20. The van der Waals surface area contributed by atoms with Gasteiger partial charge in [0, 0.05) is 23.9 Å². The third-order valence-electron chi connectivity index (χ3n) is 4.03. The molecule has 4 rings (SSSR count). The Morgan fingerprint density at radius 2 is 2.00 bits per heavy atom. The van der Waals surface area contributed by atoms with Gasteiger partial charge in [-0.25, -0.2) is 0 Å². The number of carbonyl (C=O) groups excluding carboxylic acids is 1. The molecule has 3 aromatic rings. The van der Waals surface area contributed by atoms with Gasteiger partial charge in [-0.05, 0) is 38.1 Å². The van der Waals surface area contributed by atoms with Crippen LogP contribution in [0.4, 0.5) is 0 Å². The number of benzene rings is 1. The van der Waals surface area contributed by atoms with Gasteiger partial charge in [-0.2, -0.15) is 10.2 Å². The van der Waals surface area contributed by atoms with Gasteiger partial charge in [-0.15, -0.1) is 0 Å². The molecule has 150 valence electrons. The number of fused-ring (bicyclic) bond motifs is 2. The summed E-state index contributed by atoms with van der Waals surface area (Å²) in [7, 11) is 0. The van der Waals surface area contributed by atoms with Crippen molar-refractivity contribution in [2.45, 2.75) is 40.5 Å². The molecule has 8 heteroatoms. The Kier molecular flexibility index (Phi) is 7.76. The number of amides is 1. The lowest BCUT2D eigenvalue weighted by Crippen LogP contribution is -2.03. The molecule has 0 spiro atoms. The fourth-order valence-corrected chi connectivity index (χ4v) is 2.76. The van der Waals surface area contributed by atoms with Crippen molar-refractivity contribution in [1.82, 2.24) is 19.6 Å². The highest BCUT2D eigenvalue weighted by Crippen LogP contribution is 2.28. The Balaban J connectivity index is 0.000000418. The number of carbonyl (C=O) groups is 1. The standard InChI is InChI=1S/C17H18N4O.C2H7N.CH3NO/c1-3-20-9-14(8-18-20)16-7-15-11-22-17-6-12(2)4-5-13(17)10-21(15)19-16;1-2-3;2-1-3/h4-9H,3,10-11H2,1-2H3;2-3H2,1H3;1H,(H2,2,3). The Morgan fingerprint density at radius 1 is 1.29 bits per heavy atom. The van der Waals surface area contributed by atoms with E-state index >= 15 is 0 Å². The second-order valence-electron chi connectivity index (χ2n) is 6.21. The first kappa shape index (κ1) is 21.2. The van der Waals surface area contributed by atoms with Crippen LogP contribution in [0.5, 0.6) is 5.75 Å². The SMILES string of the molecule is CCN.CCn1cc(-c2cc3n(n2)Cc2ccc(C)cc2OC3)cn1.NC=O. The number of hydrogen-bond acceptors (Lipinski definition) is 5. The average Bonchev–Trinajstić information content (AvgIpc) is 3.27. The van der Waals surface area contributed by atoms with E-state index in [1.807, 2.05) is 28.7 Å². The van der Waals surface area contributed by atoms with E-state index in [2.05, 4.69) is 48.9 Å². The van der Waals surface area contributed by atoms with Crippen LogP contribution in [0.25, 0.3) is 11.3 Å². The van der Waals surface area contributed by atoms with Gasteiger partial charge < -0.3 is 16.2 Å². The maximum atomic E-state index is 8.58. The first-order valence-electron chi connectivity index (χ1n) is 9.23. The molecule has 0 unspecified atom stereocenters. The van der Waals surface area contributed by atoms with E-state index < -0.39 is 0 Å². The number of nitrogens with two attached hydrogens (primary N) is 2. The van der Waals surface area contributed by atoms with Crippen molar-refractivity contribution in [3.8, 4) is 17.0 Å². The summed E-state index contributed by atoms with van der Waals surface area (Å²) in [4.78, 5) is 8.58. The molecule has 0 aliphatic carbocycles. The zero-order chi connectivity index (χ0) is 20.5. The topological polar surface area (TPSA) is 114 Å². The van der Waals surface area contributed by atoms with E-state index in [1.54, 1.807) is 0 Å². The minimum atomic E-state index is 0.250. The molecule has 0 radical (unpaired) electrons.